The number of rotatable bonds is 8. The largest absolute Gasteiger partial charge is 0.379 e. The monoisotopic (exact) mass is 526 g/mol. The normalized spacial score (nSPS) is 18.4. The van der Waals surface area contributed by atoms with Crippen molar-refractivity contribution in [3.8, 4) is 0 Å². The quantitative estimate of drug-likeness (QED) is 0.437. The van der Waals surface area contributed by atoms with Gasteiger partial charge in [-0.05, 0) is 61.6 Å². The molecular formula is C29H42N4O3S. The van der Waals surface area contributed by atoms with Gasteiger partial charge in [0.1, 0.15) is 5.00 Å². The highest BCUT2D eigenvalue weighted by atomic mass is 32.1. The fourth-order valence-corrected chi connectivity index (χ4v) is 6.57. The molecule has 0 bridgehead atoms. The summed E-state index contributed by atoms with van der Waals surface area (Å²) in [6.45, 7) is 16.2. The van der Waals surface area contributed by atoms with E-state index in [9.17, 15) is 9.59 Å². The Morgan fingerprint density at radius 3 is 2.59 bits per heavy atom. The fourth-order valence-electron chi connectivity index (χ4n) is 5.23. The van der Waals surface area contributed by atoms with E-state index in [1.807, 2.05) is 26.0 Å². The van der Waals surface area contributed by atoms with Crippen LogP contribution in [-0.4, -0.2) is 62.7 Å². The van der Waals surface area contributed by atoms with Crippen LogP contribution in [0.3, 0.4) is 0 Å². The van der Waals surface area contributed by atoms with Gasteiger partial charge in [0.05, 0.1) is 25.3 Å². The summed E-state index contributed by atoms with van der Waals surface area (Å²) in [6.07, 6.45) is 2.85. The van der Waals surface area contributed by atoms with Crippen LogP contribution in [0, 0.1) is 25.2 Å². The Labute approximate surface area is 225 Å². The van der Waals surface area contributed by atoms with Gasteiger partial charge >= 0.3 is 0 Å². The summed E-state index contributed by atoms with van der Waals surface area (Å²) in [7, 11) is 0. The summed E-state index contributed by atoms with van der Waals surface area (Å²) in [5.41, 5.74) is 4.93. The number of ether oxygens (including phenoxy) is 1. The highest BCUT2D eigenvalue weighted by Crippen LogP contribution is 2.44. The highest BCUT2D eigenvalue weighted by Gasteiger charge is 2.34. The van der Waals surface area contributed by atoms with Crippen molar-refractivity contribution in [1.82, 2.24) is 10.2 Å². The summed E-state index contributed by atoms with van der Waals surface area (Å²) < 4.78 is 5.39. The van der Waals surface area contributed by atoms with Gasteiger partial charge in [-0.25, -0.2) is 0 Å². The number of carbonyl (C=O) groups is 2. The van der Waals surface area contributed by atoms with Crippen molar-refractivity contribution >= 4 is 33.8 Å². The lowest BCUT2D eigenvalue weighted by molar-refractivity contribution is -0.115. The number of fused-ring (bicyclic) bond motifs is 1. The van der Waals surface area contributed by atoms with E-state index in [-0.39, 0.29) is 23.8 Å². The number of amides is 2. The molecule has 7 nitrogen and oxygen atoms in total. The number of anilines is 2. The van der Waals surface area contributed by atoms with Gasteiger partial charge in [0.15, 0.2) is 0 Å². The third-order valence-corrected chi connectivity index (χ3v) is 8.76. The van der Waals surface area contributed by atoms with Gasteiger partial charge in [0.25, 0.3) is 5.91 Å². The van der Waals surface area contributed by atoms with E-state index >= 15 is 0 Å². The number of nitrogens with one attached hydrogen (secondary N) is 3. The maximum atomic E-state index is 13.6. The van der Waals surface area contributed by atoms with Gasteiger partial charge in [0, 0.05) is 36.7 Å². The number of aryl methyl sites for hydroxylation is 2. The second-order valence-electron chi connectivity index (χ2n) is 11.5. The van der Waals surface area contributed by atoms with E-state index in [0.29, 0.717) is 16.5 Å². The average Bonchev–Trinajstić information content (AvgIpc) is 3.20. The van der Waals surface area contributed by atoms with Crippen molar-refractivity contribution < 1.29 is 14.3 Å². The molecule has 2 heterocycles. The van der Waals surface area contributed by atoms with Crippen molar-refractivity contribution in [1.29, 1.82) is 0 Å². The SMILES string of the molecule is Cc1ccc(NC(=O)c2c(NC(=O)CNCCN3CCOCC3)sc3c2CC[C@H](C(C)(C)C)C3)c(C)c1. The topological polar surface area (TPSA) is 82.7 Å². The molecule has 3 N–H and O–H groups in total. The molecule has 1 aromatic carbocycles. The first-order valence-electron chi connectivity index (χ1n) is 13.5. The zero-order chi connectivity index (χ0) is 26.6. The molecule has 202 valence electrons. The van der Waals surface area contributed by atoms with Crippen molar-refractivity contribution in [2.75, 3.05) is 56.6 Å². The molecule has 2 aromatic rings. The molecule has 1 aliphatic carbocycles. The number of carbonyl (C=O) groups excluding carboxylic acids is 2. The van der Waals surface area contributed by atoms with Crippen molar-refractivity contribution in [2.45, 2.75) is 53.9 Å². The number of morpholine rings is 1. The van der Waals surface area contributed by atoms with Crippen molar-refractivity contribution in [2.24, 2.45) is 11.3 Å². The standard InChI is InChI=1S/C29H42N4O3S/c1-19-6-9-23(20(2)16-19)31-27(35)26-22-8-7-21(29(3,4)5)17-24(22)37-28(26)32-25(34)18-30-10-11-33-12-14-36-15-13-33/h6,9,16,21,30H,7-8,10-15,17-18H2,1-5H3,(H,31,35)(H,32,34)/t21-/m0/s1. The Hall–Kier alpha value is -2.26. The fraction of sp³-hybridized carbons (Fsp3) is 0.586. The van der Waals surface area contributed by atoms with Crippen molar-refractivity contribution in [3.05, 3.63) is 45.3 Å². The molecule has 8 heteroatoms. The molecule has 37 heavy (non-hydrogen) atoms. The van der Waals surface area contributed by atoms with E-state index in [2.05, 4.69) is 47.7 Å². The Bertz CT molecular complexity index is 1120. The number of hydrogen-bond acceptors (Lipinski definition) is 6. The molecule has 0 radical (unpaired) electrons. The van der Waals surface area contributed by atoms with Gasteiger partial charge in [-0.2, -0.15) is 0 Å². The van der Waals surface area contributed by atoms with Crippen LogP contribution in [0.1, 0.15) is 59.1 Å². The number of nitrogens with zero attached hydrogens (tertiary/aromatic N) is 1. The Balaban J connectivity index is 1.47. The summed E-state index contributed by atoms with van der Waals surface area (Å²) in [5, 5.41) is 10.1. The first-order chi connectivity index (χ1) is 17.6. The lowest BCUT2D eigenvalue weighted by Crippen LogP contribution is -2.41. The predicted molar refractivity (Wildman–Crippen MR) is 152 cm³/mol. The molecule has 1 aromatic heterocycles. The molecule has 1 saturated heterocycles. The summed E-state index contributed by atoms with van der Waals surface area (Å²) >= 11 is 1.57. The van der Waals surface area contributed by atoms with Crippen LogP contribution in [0.15, 0.2) is 18.2 Å². The minimum atomic E-state index is -0.144. The third-order valence-electron chi connectivity index (χ3n) is 7.59. The van der Waals surface area contributed by atoms with Crippen LogP contribution >= 0.6 is 11.3 Å². The van der Waals surface area contributed by atoms with Gasteiger partial charge < -0.3 is 20.7 Å². The van der Waals surface area contributed by atoms with Gasteiger partial charge in [-0.15, -0.1) is 11.3 Å². The Kier molecular flexibility index (Phi) is 9.06. The third kappa shape index (κ3) is 7.19. The molecule has 1 fully saturated rings. The molecule has 2 aliphatic rings. The minimum Gasteiger partial charge on any atom is -0.379 e. The zero-order valence-electron chi connectivity index (χ0n) is 23.0. The highest BCUT2D eigenvalue weighted by molar-refractivity contribution is 7.17. The molecule has 1 atom stereocenters. The van der Waals surface area contributed by atoms with Crippen LogP contribution in [-0.2, 0) is 22.4 Å². The van der Waals surface area contributed by atoms with Crippen LogP contribution in [0.4, 0.5) is 10.7 Å². The van der Waals surface area contributed by atoms with Crippen molar-refractivity contribution in [3.63, 3.8) is 0 Å². The maximum absolute atomic E-state index is 13.6. The second-order valence-corrected chi connectivity index (χ2v) is 12.6. The molecule has 0 spiro atoms. The number of hydrogen-bond donors (Lipinski definition) is 3. The number of benzene rings is 1. The lowest BCUT2D eigenvalue weighted by Gasteiger charge is -2.33. The molecule has 1 aliphatic heterocycles. The molecule has 0 unspecified atom stereocenters. The lowest BCUT2D eigenvalue weighted by atomic mass is 9.72. The van der Waals surface area contributed by atoms with Crippen LogP contribution in [0.2, 0.25) is 0 Å². The van der Waals surface area contributed by atoms with Gasteiger partial charge in [-0.1, -0.05) is 38.5 Å². The van der Waals surface area contributed by atoms with E-state index in [4.69, 9.17) is 4.74 Å². The van der Waals surface area contributed by atoms with E-state index in [0.717, 1.165) is 81.0 Å². The predicted octanol–water partition coefficient (Wildman–Crippen LogP) is 4.63. The Morgan fingerprint density at radius 2 is 1.89 bits per heavy atom. The molecule has 2 amide bonds. The second kappa shape index (κ2) is 12.1. The summed E-state index contributed by atoms with van der Waals surface area (Å²) in [5.74, 6) is 0.294. The van der Waals surface area contributed by atoms with Gasteiger partial charge in [0.2, 0.25) is 5.91 Å². The average molecular weight is 527 g/mol. The van der Waals surface area contributed by atoms with Crippen LogP contribution in [0.25, 0.3) is 0 Å². The van der Waals surface area contributed by atoms with Crippen LogP contribution < -0.4 is 16.0 Å². The van der Waals surface area contributed by atoms with E-state index in [1.54, 1.807) is 11.3 Å². The van der Waals surface area contributed by atoms with E-state index < -0.39 is 0 Å². The number of thiophene rings is 1. The van der Waals surface area contributed by atoms with Gasteiger partial charge in [-0.3, -0.25) is 14.5 Å². The summed E-state index contributed by atoms with van der Waals surface area (Å²) in [4.78, 5) is 30.1. The zero-order valence-corrected chi connectivity index (χ0v) is 23.8. The van der Waals surface area contributed by atoms with Crippen LogP contribution in [0.5, 0.6) is 0 Å². The smallest absolute Gasteiger partial charge is 0.258 e. The molecule has 4 rings (SSSR count). The molecular weight excluding hydrogens is 484 g/mol. The maximum Gasteiger partial charge on any atom is 0.258 e. The molecule has 0 saturated carbocycles. The Morgan fingerprint density at radius 1 is 1.14 bits per heavy atom. The summed E-state index contributed by atoms with van der Waals surface area (Å²) in [6, 6.07) is 6.02. The first kappa shape index (κ1) is 27.8. The first-order valence-corrected chi connectivity index (χ1v) is 14.3. The van der Waals surface area contributed by atoms with E-state index in [1.165, 1.54) is 4.88 Å². The minimum absolute atomic E-state index is 0.117.